The Bertz CT molecular complexity index is 368. The summed E-state index contributed by atoms with van der Waals surface area (Å²) in [6.07, 6.45) is 0.395. The lowest BCUT2D eigenvalue weighted by Crippen LogP contribution is -2.35. The Labute approximate surface area is 107 Å². The van der Waals surface area contributed by atoms with Crippen molar-refractivity contribution < 1.29 is 4.79 Å². The first-order valence-corrected chi connectivity index (χ1v) is 6.98. The fraction of sp³-hybridized carbons (Fsp3) is 0.462. The first kappa shape index (κ1) is 13.9. The summed E-state index contributed by atoms with van der Waals surface area (Å²) in [7, 11) is 0. The third kappa shape index (κ3) is 5.63. The van der Waals surface area contributed by atoms with E-state index in [9.17, 15) is 4.79 Å². The van der Waals surface area contributed by atoms with Crippen molar-refractivity contribution in [2.24, 2.45) is 0 Å². The van der Waals surface area contributed by atoms with Crippen LogP contribution in [0.4, 0.5) is 5.69 Å². The van der Waals surface area contributed by atoms with Gasteiger partial charge in [-0.1, -0.05) is 19.1 Å². The van der Waals surface area contributed by atoms with Gasteiger partial charge in [0.25, 0.3) is 0 Å². The molecule has 0 saturated carbocycles. The van der Waals surface area contributed by atoms with Crippen molar-refractivity contribution in [1.82, 2.24) is 5.32 Å². The van der Waals surface area contributed by atoms with Crippen LogP contribution in [0.2, 0.25) is 0 Å². The molecule has 0 bridgehead atoms. The van der Waals surface area contributed by atoms with E-state index in [-0.39, 0.29) is 11.9 Å². The minimum atomic E-state index is 0.0554. The lowest BCUT2D eigenvalue weighted by Gasteiger charge is -2.13. The van der Waals surface area contributed by atoms with Gasteiger partial charge in [0, 0.05) is 17.5 Å². The molecule has 0 spiro atoms. The molecule has 0 fully saturated rings. The topological polar surface area (TPSA) is 55.1 Å². The number of hydrogen-bond acceptors (Lipinski definition) is 3. The van der Waals surface area contributed by atoms with Crippen molar-refractivity contribution in [2.45, 2.75) is 26.3 Å². The second-order valence-electron chi connectivity index (χ2n) is 4.05. The highest BCUT2D eigenvalue weighted by molar-refractivity contribution is 7.99. The number of amides is 1. The fourth-order valence-corrected chi connectivity index (χ4v) is 2.22. The van der Waals surface area contributed by atoms with E-state index < -0.39 is 0 Å². The van der Waals surface area contributed by atoms with Crippen LogP contribution in [0.15, 0.2) is 24.3 Å². The molecule has 1 rings (SSSR count). The van der Waals surface area contributed by atoms with Gasteiger partial charge in [0.1, 0.15) is 0 Å². The summed E-state index contributed by atoms with van der Waals surface area (Å²) in [5.41, 5.74) is 7.32. The van der Waals surface area contributed by atoms with Crippen LogP contribution in [-0.2, 0) is 11.2 Å². The molecule has 17 heavy (non-hydrogen) atoms. The van der Waals surface area contributed by atoms with Crippen molar-refractivity contribution in [3.63, 3.8) is 0 Å². The highest BCUT2D eigenvalue weighted by Gasteiger charge is 2.07. The average molecular weight is 252 g/mol. The van der Waals surface area contributed by atoms with E-state index in [4.69, 9.17) is 5.73 Å². The van der Waals surface area contributed by atoms with E-state index in [1.165, 1.54) is 0 Å². The molecule has 1 unspecified atom stereocenters. The van der Waals surface area contributed by atoms with Crippen molar-refractivity contribution in [2.75, 3.05) is 17.2 Å². The second kappa shape index (κ2) is 7.22. The van der Waals surface area contributed by atoms with Crippen LogP contribution in [0.1, 0.15) is 19.4 Å². The maximum Gasteiger partial charge on any atom is 0.224 e. The Morgan fingerprint density at radius 3 is 2.94 bits per heavy atom. The van der Waals surface area contributed by atoms with Crippen LogP contribution >= 0.6 is 11.8 Å². The van der Waals surface area contributed by atoms with Crippen LogP contribution in [0, 0.1) is 0 Å². The summed E-state index contributed by atoms with van der Waals surface area (Å²) in [6, 6.07) is 7.66. The smallest absolute Gasteiger partial charge is 0.224 e. The molecule has 0 heterocycles. The van der Waals surface area contributed by atoms with E-state index in [1.54, 1.807) is 0 Å². The van der Waals surface area contributed by atoms with Gasteiger partial charge in [-0.25, -0.2) is 0 Å². The standard InChI is InChI=1S/C13H20N2OS/c1-3-17-9-10(2)15-13(16)8-11-5-4-6-12(14)7-11/h4-7,10H,3,8-9,14H2,1-2H3,(H,15,16). The van der Waals surface area contributed by atoms with Gasteiger partial charge in [0.2, 0.25) is 5.91 Å². The fourth-order valence-electron chi connectivity index (χ4n) is 1.55. The van der Waals surface area contributed by atoms with Gasteiger partial charge < -0.3 is 11.1 Å². The number of anilines is 1. The zero-order valence-corrected chi connectivity index (χ0v) is 11.2. The molecule has 1 aromatic rings. The maximum atomic E-state index is 11.7. The summed E-state index contributed by atoms with van der Waals surface area (Å²) >= 11 is 1.83. The molecular weight excluding hydrogens is 232 g/mol. The molecule has 1 aromatic carbocycles. The van der Waals surface area contributed by atoms with E-state index in [1.807, 2.05) is 43.0 Å². The van der Waals surface area contributed by atoms with Gasteiger partial charge in [-0.3, -0.25) is 4.79 Å². The summed E-state index contributed by atoms with van der Waals surface area (Å²) in [5, 5.41) is 2.98. The third-order valence-electron chi connectivity index (χ3n) is 2.30. The lowest BCUT2D eigenvalue weighted by atomic mass is 10.1. The largest absolute Gasteiger partial charge is 0.399 e. The number of nitrogens with two attached hydrogens (primary N) is 1. The minimum Gasteiger partial charge on any atom is -0.399 e. The van der Waals surface area contributed by atoms with Crippen molar-refractivity contribution >= 4 is 23.4 Å². The summed E-state index contributed by atoms with van der Waals surface area (Å²) in [6.45, 7) is 4.14. The molecule has 0 radical (unpaired) electrons. The summed E-state index contributed by atoms with van der Waals surface area (Å²) < 4.78 is 0. The molecule has 0 aromatic heterocycles. The SMILES string of the molecule is CCSCC(C)NC(=O)Cc1cccc(N)c1. The zero-order chi connectivity index (χ0) is 12.7. The van der Waals surface area contributed by atoms with Crippen molar-refractivity contribution in [1.29, 1.82) is 0 Å². The quantitative estimate of drug-likeness (QED) is 0.762. The highest BCUT2D eigenvalue weighted by Crippen LogP contribution is 2.07. The number of hydrogen-bond donors (Lipinski definition) is 2. The van der Waals surface area contributed by atoms with Gasteiger partial charge in [0.05, 0.1) is 6.42 Å². The minimum absolute atomic E-state index is 0.0554. The normalized spacial score (nSPS) is 12.1. The summed E-state index contributed by atoms with van der Waals surface area (Å²) in [4.78, 5) is 11.7. The Morgan fingerprint density at radius 1 is 1.53 bits per heavy atom. The Balaban J connectivity index is 2.39. The Hall–Kier alpha value is -1.16. The third-order valence-corrected chi connectivity index (χ3v) is 3.44. The first-order chi connectivity index (χ1) is 8.11. The van der Waals surface area contributed by atoms with Crippen LogP contribution in [0.3, 0.4) is 0 Å². The first-order valence-electron chi connectivity index (χ1n) is 5.83. The van der Waals surface area contributed by atoms with Gasteiger partial charge in [-0.2, -0.15) is 11.8 Å². The van der Waals surface area contributed by atoms with Crippen LogP contribution in [-0.4, -0.2) is 23.5 Å². The predicted octanol–water partition coefficient (Wildman–Crippen LogP) is 2.07. The average Bonchev–Trinajstić information content (AvgIpc) is 2.26. The van der Waals surface area contributed by atoms with Crippen molar-refractivity contribution in [3.8, 4) is 0 Å². The molecule has 3 N–H and O–H groups in total. The Morgan fingerprint density at radius 2 is 2.29 bits per heavy atom. The van der Waals surface area contributed by atoms with E-state index in [0.717, 1.165) is 17.1 Å². The number of carbonyl (C=O) groups excluding carboxylic acids is 1. The molecule has 4 heteroatoms. The predicted molar refractivity (Wildman–Crippen MR) is 75.2 cm³/mol. The van der Waals surface area contributed by atoms with Crippen LogP contribution in [0.5, 0.6) is 0 Å². The van der Waals surface area contributed by atoms with E-state index in [0.29, 0.717) is 12.1 Å². The van der Waals surface area contributed by atoms with Crippen LogP contribution < -0.4 is 11.1 Å². The molecule has 0 aliphatic rings. The molecule has 0 aliphatic carbocycles. The monoisotopic (exact) mass is 252 g/mol. The number of carbonyl (C=O) groups is 1. The number of nitrogen functional groups attached to an aromatic ring is 1. The number of nitrogens with one attached hydrogen (secondary N) is 1. The lowest BCUT2D eigenvalue weighted by molar-refractivity contribution is -0.120. The molecule has 0 saturated heterocycles. The molecule has 1 amide bonds. The number of rotatable bonds is 6. The molecular formula is C13H20N2OS. The maximum absolute atomic E-state index is 11.7. The number of benzene rings is 1. The van der Waals surface area contributed by atoms with Gasteiger partial charge in [0.15, 0.2) is 0 Å². The van der Waals surface area contributed by atoms with Crippen molar-refractivity contribution in [3.05, 3.63) is 29.8 Å². The zero-order valence-electron chi connectivity index (χ0n) is 10.4. The number of thioether (sulfide) groups is 1. The second-order valence-corrected chi connectivity index (χ2v) is 5.37. The highest BCUT2D eigenvalue weighted by atomic mass is 32.2. The Kier molecular flexibility index (Phi) is 5.91. The summed E-state index contributed by atoms with van der Waals surface area (Å²) in [5.74, 6) is 2.09. The van der Waals surface area contributed by atoms with E-state index in [2.05, 4.69) is 12.2 Å². The van der Waals surface area contributed by atoms with E-state index >= 15 is 0 Å². The van der Waals surface area contributed by atoms with Gasteiger partial charge in [-0.15, -0.1) is 0 Å². The molecule has 1 atom stereocenters. The van der Waals surface area contributed by atoms with Crippen LogP contribution in [0.25, 0.3) is 0 Å². The molecule has 0 aliphatic heterocycles. The van der Waals surface area contributed by atoms with Gasteiger partial charge >= 0.3 is 0 Å². The molecule has 94 valence electrons. The molecule has 3 nitrogen and oxygen atoms in total. The van der Waals surface area contributed by atoms with Gasteiger partial charge in [-0.05, 0) is 30.4 Å².